The summed E-state index contributed by atoms with van der Waals surface area (Å²) in [4.78, 5) is 12.3. The average Bonchev–Trinajstić information content (AvgIpc) is 3.13. The van der Waals surface area contributed by atoms with Crippen LogP contribution in [0.3, 0.4) is 0 Å². The van der Waals surface area contributed by atoms with Crippen molar-refractivity contribution < 1.29 is 13.9 Å². The lowest BCUT2D eigenvalue weighted by Gasteiger charge is -2.15. The van der Waals surface area contributed by atoms with Crippen molar-refractivity contribution in [1.82, 2.24) is 14.8 Å². The standard InChI is InChI=1S/C21H23FN4O2S/c1-4-26-20(15(3)28-17-8-6-5-7-9-17)24-25-21(26)29-13-19(27)23-18-12-16(22)11-10-14(18)2/h5-12,15H,4,13H2,1-3H3,(H,23,27)/t15-/m0/s1. The molecule has 1 atom stereocenters. The van der Waals surface area contributed by atoms with Crippen LogP contribution >= 0.6 is 11.8 Å². The van der Waals surface area contributed by atoms with Crippen molar-refractivity contribution in [3.05, 3.63) is 65.7 Å². The Balaban J connectivity index is 1.64. The van der Waals surface area contributed by atoms with Crippen LogP contribution < -0.4 is 10.1 Å². The minimum atomic E-state index is -0.388. The fourth-order valence-corrected chi connectivity index (χ4v) is 3.62. The number of para-hydroxylation sites is 1. The number of anilines is 1. The molecule has 0 aliphatic carbocycles. The minimum absolute atomic E-state index is 0.141. The Bertz CT molecular complexity index is 978. The molecule has 29 heavy (non-hydrogen) atoms. The maximum atomic E-state index is 13.4. The number of halogens is 1. The molecule has 2 aromatic carbocycles. The summed E-state index contributed by atoms with van der Waals surface area (Å²) < 4.78 is 21.3. The van der Waals surface area contributed by atoms with E-state index < -0.39 is 0 Å². The third-order valence-electron chi connectivity index (χ3n) is 4.29. The molecular weight excluding hydrogens is 391 g/mol. The molecule has 1 aromatic heterocycles. The van der Waals surface area contributed by atoms with Gasteiger partial charge in [-0.15, -0.1) is 10.2 Å². The van der Waals surface area contributed by atoms with Crippen molar-refractivity contribution in [3.8, 4) is 5.75 Å². The molecule has 8 heteroatoms. The van der Waals surface area contributed by atoms with E-state index in [1.165, 1.54) is 23.9 Å². The number of nitrogens with one attached hydrogen (secondary N) is 1. The molecular formula is C21H23FN4O2S. The molecule has 0 unspecified atom stereocenters. The largest absolute Gasteiger partial charge is 0.483 e. The predicted octanol–water partition coefficient (Wildman–Crippen LogP) is 4.62. The van der Waals surface area contributed by atoms with Crippen molar-refractivity contribution in [1.29, 1.82) is 0 Å². The van der Waals surface area contributed by atoms with Crippen LogP contribution in [0.4, 0.5) is 10.1 Å². The Morgan fingerprint density at radius 1 is 1.24 bits per heavy atom. The molecule has 152 valence electrons. The molecule has 3 aromatic rings. The van der Waals surface area contributed by atoms with Crippen molar-refractivity contribution in [2.75, 3.05) is 11.1 Å². The monoisotopic (exact) mass is 414 g/mol. The molecule has 0 fully saturated rings. The predicted molar refractivity (Wildman–Crippen MR) is 112 cm³/mol. The SMILES string of the molecule is CCn1c(SCC(=O)Nc2cc(F)ccc2C)nnc1[C@H](C)Oc1ccccc1. The van der Waals surface area contributed by atoms with Crippen LogP contribution in [0.15, 0.2) is 53.7 Å². The van der Waals surface area contributed by atoms with E-state index in [4.69, 9.17) is 4.74 Å². The first-order chi connectivity index (χ1) is 14.0. The first-order valence-corrected chi connectivity index (χ1v) is 10.3. The molecule has 6 nitrogen and oxygen atoms in total. The van der Waals surface area contributed by atoms with Gasteiger partial charge in [0.25, 0.3) is 0 Å². The zero-order valence-corrected chi connectivity index (χ0v) is 17.4. The van der Waals surface area contributed by atoms with E-state index in [9.17, 15) is 9.18 Å². The summed E-state index contributed by atoms with van der Waals surface area (Å²) in [5, 5.41) is 11.8. The number of carbonyl (C=O) groups is 1. The maximum Gasteiger partial charge on any atom is 0.234 e. The average molecular weight is 415 g/mol. The zero-order chi connectivity index (χ0) is 20.8. The molecule has 3 rings (SSSR count). The van der Waals surface area contributed by atoms with Gasteiger partial charge in [0.1, 0.15) is 11.6 Å². The van der Waals surface area contributed by atoms with Crippen LogP contribution in [0, 0.1) is 12.7 Å². The summed E-state index contributed by atoms with van der Waals surface area (Å²) >= 11 is 1.28. The van der Waals surface area contributed by atoms with E-state index in [0.29, 0.717) is 23.2 Å². The van der Waals surface area contributed by atoms with Gasteiger partial charge in [-0.25, -0.2) is 4.39 Å². The molecule has 0 saturated carbocycles. The third kappa shape index (κ3) is 5.35. The number of aromatic nitrogens is 3. The number of hydrogen-bond donors (Lipinski definition) is 1. The molecule has 0 bridgehead atoms. The van der Waals surface area contributed by atoms with E-state index in [-0.39, 0.29) is 23.6 Å². The van der Waals surface area contributed by atoms with Crippen LogP contribution in [-0.4, -0.2) is 26.4 Å². The van der Waals surface area contributed by atoms with Crippen molar-refractivity contribution in [3.63, 3.8) is 0 Å². The van der Waals surface area contributed by atoms with Gasteiger partial charge < -0.3 is 14.6 Å². The molecule has 0 saturated heterocycles. The highest BCUT2D eigenvalue weighted by molar-refractivity contribution is 7.99. The Hall–Kier alpha value is -2.87. The quantitative estimate of drug-likeness (QED) is 0.545. The van der Waals surface area contributed by atoms with Gasteiger partial charge in [-0.2, -0.15) is 0 Å². The second kappa shape index (κ2) is 9.56. The summed E-state index contributed by atoms with van der Waals surface area (Å²) in [6.45, 7) is 6.37. The second-order valence-corrected chi connectivity index (χ2v) is 7.40. The van der Waals surface area contributed by atoms with Gasteiger partial charge in [0.15, 0.2) is 17.1 Å². The fourth-order valence-electron chi connectivity index (χ4n) is 2.81. The first-order valence-electron chi connectivity index (χ1n) is 9.31. The number of nitrogens with zero attached hydrogens (tertiary/aromatic N) is 3. The molecule has 1 amide bonds. The lowest BCUT2D eigenvalue weighted by atomic mass is 10.2. The summed E-state index contributed by atoms with van der Waals surface area (Å²) in [7, 11) is 0. The Morgan fingerprint density at radius 2 is 2.00 bits per heavy atom. The van der Waals surface area contributed by atoms with Gasteiger partial charge in [-0.3, -0.25) is 4.79 Å². The van der Waals surface area contributed by atoms with E-state index in [2.05, 4.69) is 15.5 Å². The lowest BCUT2D eigenvalue weighted by molar-refractivity contribution is -0.113. The molecule has 0 spiro atoms. The smallest absolute Gasteiger partial charge is 0.234 e. The van der Waals surface area contributed by atoms with Crippen LogP contribution in [0.2, 0.25) is 0 Å². The first kappa shape index (κ1) is 20.9. The van der Waals surface area contributed by atoms with E-state index in [1.54, 1.807) is 6.07 Å². The van der Waals surface area contributed by atoms with Gasteiger partial charge in [-0.1, -0.05) is 36.0 Å². The van der Waals surface area contributed by atoms with Gasteiger partial charge in [0.2, 0.25) is 5.91 Å². The van der Waals surface area contributed by atoms with Gasteiger partial charge in [0, 0.05) is 12.2 Å². The summed E-state index contributed by atoms with van der Waals surface area (Å²) in [6.07, 6.45) is -0.289. The summed E-state index contributed by atoms with van der Waals surface area (Å²) in [5.41, 5.74) is 1.27. The Labute approximate surface area is 173 Å². The summed E-state index contributed by atoms with van der Waals surface area (Å²) in [6, 6.07) is 13.8. The number of hydrogen-bond acceptors (Lipinski definition) is 5. The molecule has 0 radical (unpaired) electrons. The van der Waals surface area contributed by atoms with Crippen molar-refractivity contribution in [2.45, 2.75) is 38.6 Å². The van der Waals surface area contributed by atoms with Crippen LogP contribution in [0.1, 0.15) is 31.3 Å². The highest BCUT2D eigenvalue weighted by atomic mass is 32.2. The Morgan fingerprint density at radius 3 is 2.72 bits per heavy atom. The number of thioether (sulfide) groups is 1. The maximum absolute atomic E-state index is 13.4. The number of carbonyl (C=O) groups excluding carboxylic acids is 1. The molecule has 0 aliphatic rings. The van der Waals surface area contributed by atoms with E-state index in [0.717, 1.165) is 11.3 Å². The van der Waals surface area contributed by atoms with Crippen LogP contribution in [0.5, 0.6) is 5.75 Å². The number of benzene rings is 2. The normalized spacial score (nSPS) is 11.9. The summed E-state index contributed by atoms with van der Waals surface area (Å²) in [5.74, 6) is 0.970. The zero-order valence-electron chi connectivity index (χ0n) is 16.6. The lowest BCUT2D eigenvalue weighted by Crippen LogP contribution is -2.16. The fraction of sp³-hybridized carbons (Fsp3) is 0.286. The number of rotatable bonds is 8. The van der Waals surface area contributed by atoms with Crippen molar-refractivity contribution in [2.24, 2.45) is 0 Å². The van der Waals surface area contributed by atoms with E-state index in [1.807, 2.05) is 55.7 Å². The highest BCUT2D eigenvalue weighted by Crippen LogP contribution is 2.25. The number of amides is 1. The number of ether oxygens (including phenoxy) is 1. The molecule has 1 N–H and O–H groups in total. The van der Waals surface area contributed by atoms with Gasteiger partial charge in [0.05, 0.1) is 5.75 Å². The topological polar surface area (TPSA) is 69.0 Å². The minimum Gasteiger partial charge on any atom is -0.483 e. The van der Waals surface area contributed by atoms with Crippen LogP contribution in [0.25, 0.3) is 0 Å². The molecule has 1 heterocycles. The van der Waals surface area contributed by atoms with Gasteiger partial charge in [-0.05, 0) is 50.6 Å². The third-order valence-corrected chi connectivity index (χ3v) is 5.25. The second-order valence-electron chi connectivity index (χ2n) is 6.45. The molecule has 0 aliphatic heterocycles. The Kier molecular flexibility index (Phi) is 6.87. The number of aryl methyl sites for hydroxylation is 1. The highest BCUT2D eigenvalue weighted by Gasteiger charge is 2.19. The van der Waals surface area contributed by atoms with Crippen molar-refractivity contribution >= 4 is 23.4 Å². The van der Waals surface area contributed by atoms with Crippen LogP contribution in [-0.2, 0) is 11.3 Å². The van der Waals surface area contributed by atoms with E-state index >= 15 is 0 Å². The van der Waals surface area contributed by atoms with Gasteiger partial charge >= 0.3 is 0 Å².